The summed E-state index contributed by atoms with van der Waals surface area (Å²) in [5.74, 6) is -2.85. The second kappa shape index (κ2) is 4.61. The molecule has 5 nitrogen and oxygen atoms in total. The van der Waals surface area contributed by atoms with E-state index in [0.717, 1.165) is 12.8 Å². The number of rotatable bonds is 3. The van der Waals surface area contributed by atoms with Crippen LogP contribution in [0.25, 0.3) is 0 Å². The number of anilines is 1. The van der Waals surface area contributed by atoms with Gasteiger partial charge in [0.05, 0.1) is 5.54 Å². The van der Waals surface area contributed by atoms with Crippen molar-refractivity contribution >= 4 is 11.7 Å². The molecule has 1 aliphatic heterocycles. The average Bonchev–Trinajstić information content (AvgIpc) is 2.61. The molecule has 1 aromatic rings. The van der Waals surface area contributed by atoms with Gasteiger partial charge in [-0.3, -0.25) is 4.79 Å². The van der Waals surface area contributed by atoms with E-state index in [1.54, 1.807) is 19.2 Å². The van der Waals surface area contributed by atoms with Gasteiger partial charge >= 0.3 is 5.92 Å². The summed E-state index contributed by atoms with van der Waals surface area (Å²) < 4.78 is 26.4. The molecular weight excluding hydrogens is 278 g/mol. The number of hydrogen-bond donors (Lipinski definition) is 1. The Kier molecular flexibility index (Phi) is 3.11. The molecule has 1 saturated heterocycles. The third-order valence-electron chi connectivity index (χ3n) is 4.45. The van der Waals surface area contributed by atoms with Crippen molar-refractivity contribution < 1.29 is 13.6 Å². The van der Waals surface area contributed by atoms with E-state index in [0.29, 0.717) is 31.7 Å². The van der Waals surface area contributed by atoms with Crippen molar-refractivity contribution in [3.63, 3.8) is 0 Å². The number of nitrogens with zero attached hydrogens (tertiary/aromatic N) is 3. The molecule has 0 bridgehead atoms. The molecule has 1 saturated carbocycles. The molecule has 2 aliphatic rings. The zero-order valence-corrected chi connectivity index (χ0v) is 12.1. The normalized spacial score (nSPS) is 28.0. The first-order chi connectivity index (χ1) is 9.80. The first-order valence-corrected chi connectivity index (χ1v) is 7.05. The smallest absolute Gasteiger partial charge is 0.322 e. The minimum atomic E-state index is -3.31. The van der Waals surface area contributed by atoms with Crippen molar-refractivity contribution in [2.75, 3.05) is 18.4 Å². The van der Waals surface area contributed by atoms with Crippen molar-refractivity contribution in [3.05, 3.63) is 18.1 Å². The van der Waals surface area contributed by atoms with Gasteiger partial charge in [-0.15, -0.1) is 0 Å². The highest BCUT2D eigenvalue weighted by molar-refractivity contribution is 5.83. The lowest BCUT2D eigenvalue weighted by atomic mass is 9.69. The van der Waals surface area contributed by atoms with Crippen LogP contribution in [0.1, 0.15) is 25.6 Å². The number of hydrogen-bond acceptors (Lipinski definition) is 4. The highest BCUT2D eigenvalue weighted by Gasteiger charge is 2.56. The second-order valence-electron chi connectivity index (χ2n) is 6.08. The number of likely N-dealkylation sites (tertiary alicyclic amines) is 1. The predicted octanol–water partition coefficient (Wildman–Crippen LogP) is 1.84. The first-order valence-electron chi connectivity index (χ1n) is 7.05. The lowest BCUT2D eigenvalue weighted by Crippen LogP contribution is -2.54. The third-order valence-corrected chi connectivity index (χ3v) is 4.45. The Labute approximate surface area is 121 Å². The van der Waals surface area contributed by atoms with Crippen molar-refractivity contribution in [1.82, 2.24) is 14.9 Å². The highest BCUT2D eigenvalue weighted by Crippen LogP contribution is 2.47. The van der Waals surface area contributed by atoms with E-state index in [4.69, 9.17) is 0 Å². The van der Waals surface area contributed by atoms with Crippen LogP contribution in [0.5, 0.6) is 0 Å². The Morgan fingerprint density at radius 3 is 2.90 bits per heavy atom. The van der Waals surface area contributed by atoms with Gasteiger partial charge in [-0.05, 0) is 25.8 Å². The lowest BCUT2D eigenvalue weighted by molar-refractivity contribution is -0.153. The Morgan fingerprint density at radius 2 is 2.33 bits per heavy atom. The molecule has 21 heavy (non-hydrogen) atoms. The van der Waals surface area contributed by atoms with E-state index in [-0.39, 0.29) is 11.5 Å². The van der Waals surface area contributed by atoms with E-state index in [1.165, 1.54) is 4.90 Å². The van der Waals surface area contributed by atoms with Gasteiger partial charge in [0.2, 0.25) is 0 Å². The summed E-state index contributed by atoms with van der Waals surface area (Å²) in [6.45, 7) is 3.15. The molecule has 1 amide bonds. The monoisotopic (exact) mass is 296 g/mol. The number of nitrogens with one attached hydrogen (secondary N) is 1. The number of carbonyl (C=O) groups excluding carboxylic acids is 1. The minimum Gasteiger partial charge on any atom is -0.362 e. The Bertz CT molecular complexity index is 574. The van der Waals surface area contributed by atoms with Gasteiger partial charge in [0, 0.05) is 32.1 Å². The number of amides is 1. The Balaban J connectivity index is 1.76. The van der Waals surface area contributed by atoms with Crippen LogP contribution in [0.15, 0.2) is 12.3 Å². The Hall–Kier alpha value is -1.79. The second-order valence-corrected chi connectivity index (χ2v) is 6.08. The topological polar surface area (TPSA) is 58.1 Å². The van der Waals surface area contributed by atoms with Crippen LogP contribution in [0.2, 0.25) is 0 Å². The molecule has 0 spiro atoms. The fourth-order valence-electron chi connectivity index (χ4n) is 3.26. The molecule has 1 N–H and O–H groups in total. The van der Waals surface area contributed by atoms with Crippen LogP contribution in [-0.2, 0) is 4.79 Å². The minimum absolute atomic E-state index is 0.207. The number of halogens is 2. The number of aryl methyl sites for hydroxylation is 1. The summed E-state index contributed by atoms with van der Waals surface area (Å²) in [5, 5.41) is 3.34. The van der Waals surface area contributed by atoms with Crippen molar-refractivity contribution in [3.8, 4) is 0 Å². The zero-order valence-electron chi connectivity index (χ0n) is 12.1. The van der Waals surface area contributed by atoms with Crippen LogP contribution < -0.4 is 5.32 Å². The summed E-state index contributed by atoms with van der Waals surface area (Å²) in [5.41, 5.74) is -0.318. The highest BCUT2D eigenvalue weighted by atomic mass is 19.3. The standard InChI is InChI=1S/C14H18F2N4O/c1-9-17-6-4-11(18-9)19-14-5-3-10(14)7-20(8-14)12(21)13(2,15)16/h4,6,10H,3,5,7-8H2,1-2H3,(H,17,18,19). The van der Waals surface area contributed by atoms with Gasteiger partial charge in [-0.2, -0.15) is 8.78 Å². The van der Waals surface area contributed by atoms with Gasteiger partial charge in [-0.25, -0.2) is 9.97 Å². The van der Waals surface area contributed by atoms with Gasteiger partial charge in [-0.1, -0.05) is 0 Å². The predicted molar refractivity (Wildman–Crippen MR) is 73.0 cm³/mol. The molecule has 7 heteroatoms. The average molecular weight is 296 g/mol. The molecule has 3 rings (SSSR count). The number of carbonyl (C=O) groups is 1. The molecule has 0 radical (unpaired) electrons. The first kappa shape index (κ1) is 14.2. The molecule has 114 valence electrons. The number of alkyl halides is 2. The maximum Gasteiger partial charge on any atom is 0.322 e. The van der Waals surface area contributed by atoms with E-state index in [9.17, 15) is 13.6 Å². The van der Waals surface area contributed by atoms with Gasteiger partial charge in [0.25, 0.3) is 5.91 Å². The van der Waals surface area contributed by atoms with E-state index < -0.39 is 11.8 Å². The van der Waals surface area contributed by atoms with Crippen LogP contribution in [0.4, 0.5) is 14.6 Å². The van der Waals surface area contributed by atoms with E-state index in [2.05, 4.69) is 15.3 Å². The van der Waals surface area contributed by atoms with Crippen molar-refractivity contribution in [2.24, 2.45) is 5.92 Å². The van der Waals surface area contributed by atoms with Gasteiger partial charge in [0.1, 0.15) is 11.6 Å². The lowest BCUT2D eigenvalue weighted by Gasteiger charge is -2.44. The summed E-state index contributed by atoms with van der Waals surface area (Å²) in [7, 11) is 0. The number of aromatic nitrogens is 2. The summed E-state index contributed by atoms with van der Waals surface area (Å²) in [4.78, 5) is 21.4. The van der Waals surface area contributed by atoms with E-state index >= 15 is 0 Å². The molecular formula is C14H18F2N4O. The fourth-order valence-corrected chi connectivity index (χ4v) is 3.26. The third kappa shape index (κ3) is 2.45. The van der Waals surface area contributed by atoms with Crippen LogP contribution in [0, 0.1) is 12.8 Å². The quantitative estimate of drug-likeness (QED) is 0.924. The molecule has 0 aromatic carbocycles. The SMILES string of the molecule is Cc1nccc(NC23CCC2CN(C(=O)C(C)(F)F)C3)n1. The molecule has 2 unspecified atom stereocenters. The van der Waals surface area contributed by atoms with Gasteiger partial charge in [0.15, 0.2) is 0 Å². The summed E-state index contributed by atoms with van der Waals surface area (Å²) in [6, 6.07) is 1.76. The van der Waals surface area contributed by atoms with Crippen molar-refractivity contribution in [2.45, 2.75) is 38.2 Å². The number of fused-ring (bicyclic) bond motifs is 1. The molecule has 2 atom stereocenters. The zero-order chi connectivity index (χ0) is 15.3. The summed E-state index contributed by atoms with van der Waals surface area (Å²) in [6.07, 6.45) is 3.46. The van der Waals surface area contributed by atoms with Crippen LogP contribution >= 0.6 is 0 Å². The molecule has 1 aromatic heterocycles. The summed E-state index contributed by atoms with van der Waals surface area (Å²) >= 11 is 0. The van der Waals surface area contributed by atoms with Crippen LogP contribution in [-0.4, -0.2) is 45.3 Å². The van der Waals surface area contributed by atoms with E-state index in [1.807, 2.05) is 0 Å². The van der Waals surface area contributed by atoms with Crippen molar-refractivity contribution in [1.29, 1.82) is 0 Å². The molecule has 2 heterocycles. The molecule has 2 fully saturated rings. The maximum absolute atomic E-state index is 13.2. The Morgan fingerprint density at radius 1 is 1.57 bits per heavy atom. The fraction of sp³-hybridized carbons (Fsp3) is 0.643. The largest absolute Gasteiger partial charge is 0.362 e. The maximum atomic E-state index is 13.2. The van der Waals surface area contributed by atoms with Crippen LogP contribution in [0.3, 0.4) is 0 Å². The molecule has 1 aliphatic carbocycles. The van der Waals surface area contributed by atoms with Gasteiger partial charge < -0.3 is 10.2 Å².